The standard InChI is InChI=1S/C20H20N2O3S/c1-12-5-6-17(13(2)7-12)21-20-22-19(23)18(26-20)10-14-8-15(24-3)11-16(9-14)25-4/h5-11H,1-4H3,(H,21,22,23). The number of aryl methyl sites for hydroxylation is 2. The number of rotatable bonds is 4. The summed E-state index contributed by atoms with van der Waals surface area (Å²) in [7, 11) is 3.19. The van der Waals surface area contributed by atoms with Gasteiger partial charge in [-0.05, 0) is 61.0 Å². The van der Waals surface area contributed by atoms with Crippen molar-refractivity contribution in [3.05, 3.63) is 58.0 Å². The molecule has 3 rings (SSSR count). The van der Waals surface area contributed by atoms with Crippen molar-refractivity contribution in [1.29, 1.82) is 0 Å². The van der Waals surface area contributed by atoms with Crippen LogP contribution in [-0.4, -0.2) is 25.3 Å². The molecule has 1 aliphatic rings. The topological polar surface area (TPSA) is 59.9 Å². The fourth-order valence-corrected chi connectivity index (χ4v) is 3.42. The van der Waals surface area contributed by atoms with E-state index in [0.29, 0.717) is 21.6 Å². The number of thioether (sulfide) groups is 1. The number of benzene rings is 2. The number of carbonyl (C=O) groups excluding carboxylic acids is 1. The molecule has 1 heterocycles. The highest BCUT2D eigenvalue weighted by molar-refractivity contribution is 8.18. The van der Waals surface area contributed by atoms with Gasteiger partial charge in [0, 0.05) is 6.07 Å². The highest BCUT2D eigenvalue weighted by Crippen LogP contribution is 2.31. The van der Waals surface area contributed by atoms with Gasteiger partial charge in [0.15, 0.2) is 5.17 Å². The molecule has 134 valence electrons. The summed E-state index contributed by atoms with van der Waals surface area (Å²) in [5, 5.41) is 3.39. The van der Waals surface area contributed by atoms with Crippen LogP contribution >= 0.6 is 11.8 Å². The Morgan fingerprint density at radius 2 is 1.73 bits per heavy atom. The molecule has 0 bridgehead atoms. The lowest BCUT2D eigenvalue weighted by atomic mass is 10.1. The zero-order valence-corrected chi connectivity index (χ0v) is 15.9. The van der Waals surface area contributed by atoms with E-state index in [2.05, 4.69) is 16.4 Å². The summed E-state index contributed by atoms with van der Waals surface area (Å²) in [5.74, 6) is 1.17. The molecule has 26 heavy (non-hydrogen) atoms. The molecule has 0 radical (unpaired) electrons. The van der Waals surface area contributed by atoms with Gasteiger partial charge in [-0.15, -0.1) is 0 Å². The lowest BCUT2D eigenvalue weighted by Gasteiger charge is -2.06. The molecule has 0 saturated carbocycles. The third-order valence-corrected chi connectivity index (χ3v) is 4.81. The molecule has 2 aromatic rings. The Morgan fingerprint density at radius 3 is 2.35 bits per heavy atom. The normalized spacial score (nSPS) is 16.8. The molecule has 1 N–H and O–H groups in total. The second-order valence-corrected chi connectivity index (χ2v) is 6.95. The van der Waals surface area contributed by atoms with Crippen molar-refractivity contribution in [1.82, 2.24) is 5.32 Å². The number of methoxy groups -OCH3 is 2. The molecule has 0 aliphatic carbocycles. The summed E-state index contributed by atoms with van der Waals surface area (Å²) in [4.78, 5) is 17.4. The minimum atomic E-state index is -0.166. The number of amides is 1. The van der Waals surface area contributed by atoms with Crippen LogP contribution in [0.5, 0.6) is 11.5 Å². The van der Waals surface area contributed by atoms with Gasteiger partial charge in [0.1, 0.15) is 11.5 Å². The first-order valence-corrected chi connectivity index (χ1v) is 8.90. The predicted octanol–water partition coefficient (Wildman–Crippen LogP) is 4.21. The van der Waals surface area contributed by atoms with Crippen molar-refractivity contribution in [3.8, 4) is 11.5 Å². The molecule has 1 amide bonds. The van der Waals surface area contributed by atoms with Gasteiger partial charge in [0.25, 0.3) is 5.91 Å². The molecule has 1 fully saturated rings. The number of ether oxygens (including phenoxy) is 2. The van der Waals surface area contributed by atoms with E-state index in [4.69, 9.17) is 9.47 Å². The van der Waals surface area contributed by atoms with Crippen LogP contribution < -0.4 is 14.8 Å². The van der Waals surface area contributed by atoms with Crippen LogP contribution in [0.4, 0.5) is 5.69 Å². The average molecular weight is 368 g/mol. The summed E-state index contributed by atoms with van der Waals surface area (Å²) in [6.07, 6.45) is 1.80. The summed E-state index contributed by atoms with van der Waals surface area (Å²) >= 11 is 1.32. The average Bonchev–Trinajstić information content (AvgIpc) is 2.96. The maximum atomic E-state index is 12.3. The number of hydrogen-bond acceptors (Lipinski definition) is 5. The maximum Gasteiger partial charge on any atom is 0.264 e. The fraction of sp³-hybridized carbons (Fsp3) is 0.200. The Kier molecular flexibility index (Phi) is 5.32. The van der Waals surface area contributed by atoms with Crippen molar-refractivity contribution in [2.75, 3.05) is 14.2 Å². The van der Waals surface area contributed by atoms with E-state index in [1.165, 1.54) is 17.3 Å². The Hall–Kier alpha value is -2.73. The third kappa shape index (κ3) is 4.08. The van der Waals surface area contributed by atoms with Crippen molar-refractivity contribution in [3.63, 3.8) is 0 Å². The van der Waals surface area contributed by atoms with E-state index in [1.54, 1.807) is 26.4 Å². The number of nitrogens with zero attached hydrogens (tertiary/aromatic N) is 1. The van der Waals surface area contributed by atoms with Gasteiger partial charge >= 0.3 is 0 Å². The van der Waals surface area contributed by atoms with Gasteiger partial charge in [-0.3, -0.25) is 4.79 Å². The molecule has 0 atom stereocenters. The van der Waals surface area contributed by atoms with Crippen LogP contribution in [0.1, 0.15) is 16.7 Å². The highest BCUT2D eigenvalue weighted by Gasteiger charge is 2.24. The Labute approximate surface area is 157 Å². The van der Waals surface area contributed by atoms with Crippen molar-refractivity contribution >= 4 is 34.6 Å². The largest absolute Gasteiger partial charge is 0.497 e. The Bertz CT molecular complexity index is 897. The van der Waals surface area contributed by atoms with Gasteiger partial charge in [0.05, 0.1) is 24.8 Å². The van der Waals surface area contributed by atoms with Gasteiger partial charge in [-0.25, -0.2) is 4.99 Å². The van der Waals surface area contributed by atoms with E-state index >= 15 is 0 Å². The van der Waals surface area contributed by atoms with Crippen molar-refractivity contribution < 1.29 is 14.3 Å². The van der Waals surface area contributed by atoms with Crippen molar-refractivity contribution in [2.24, 2.45) is 4.99 Å². The van der Waals surface area contributed by atoms with E-state index < -0.39 is 0 Å². The second-order valence-electron chi connectivity index (χ2n) is 5.92. The van der Waals surface area contributed by atoms with Crippen LogP contribution in [0.25, 0.3) is 6.08 Å². The van der Waals surface area contributed by atoms with Gasteiger partial charge in [-0.1, -0.05) is 17.7 Å². The summed E-state index contributed by atoms with van der Waals surface area (Å²) in [5.41, 5.74) is 3.93. The van der Waals surface area contributed by atoms with Crippen LogP contribution in [0, 0.1) is 13.8 Å². The summed E-state index contributed by atoms with van der Waals surface area (Å²) in [6, 6.07) is 11.5. The lowest BCUT2D eigenvalue weighted by molar-refractivity contribution is -0.115. The van der Waals surface area contributed by atoms with Crippen LogP contribution in [0.3, 0.4) is 0 Å². The first kappa shape index (κ1) is 18.1. The van der Waals surface area contributed by atoms with Crippen LogP contribution in [-0.2, 0) is 4.79 Å². The fourth-order valence-electron chi connectivity index (χ4n) is 2.58. The molecule has 0 aromatic heterocycles. The van der Waals surface area contributed by atoms with Crippen molar-refractivity contribution in [2.45, 2.75) is 13.8 Å². The molecule has 0 unspecified atom stereocenters. The number of aliphatic imine (C=N–C) groups is 1. The predicted molar refractivity (Wildman–Crippen MR) is 106 cm³/mol. The summed E-state index contributed by atoms with van der Waals surface area (Å²) in [6.45, 7) is 4.05. The summed E-state index contributed by atoms with van der Waals surface area (Å²) < 4.78 is 10.5. The monoisotopic (exact) mass is 368 g/mol. The third-order valence-electron chi connectivity index (χ3n) is 3.90. The SMILES string of the molecule is COc1cc(C=C2SC(=Nc3ccc(C)cc3C)NC2=O)cc(OC)c1. The van der Waals surface area contributed by atoms with E-state index in [0.717, 1.165) is 16.8 Å². The number of nitrogens with one attached hydrogen (secondary N) is 1. The lowest BCUT2D eigenvalue weighted by Crippen LogP contribution is -2.19. The van der Waals surface area contributed by atoms with Gasteiger partial charge in [-0.2, -0.15) is 0 Å². The zero-order chi connectivity index (χ0) is 18.7. The van der Waals surface area contributed by atoms with Gasteiger partial charge < -0.3 is 14.8 Å². The number of amidine groups is 1. The quantitative estimate of drug-likeness (QED) is 0.821. The molecule has 2 aromatic carbocycles. The molecule has 1 saturated heterocycles. The molecule has 1 aliphatic heterocycles. The highest BCUT2D eigenvalue weighted by atomic mass is 32.2. The first-order valence-electron chi connectivity index (χ1n) is 8.08. The second kappa shape index (κ2) is 7.66. The van der Waals surface area contributed by atoms with E-state index in [-0.39, 0.29) is 5.91 Å². The molecular formula is C20H20N2O3S. The molecule has 5 nitrogen and oxygen atoms in total. The minimum Gasteiger partial charge on any atom is -0.497 e. The van der Waals surface area contributed by atoms with Crippen LogP contribution in [0.2, 0.25) is 0 Å². The molecular weight excluding hydrogens is 348 g/mol. The van der Waals surface area contributed by atoms with Gasteiger partial charge in [0.2, 0.25) is 0 Å². The molecule has 6 heteroatoms. The molecule has 0 spiro atoms. The van der Waals surface area contributed by atoms with E-state index in [9.17, 15) is 4.79 Å². The smallest absolute Gasteiger partial charge is 0.264 e. The number of carbonyl (C=O) groups is 1. The Balaban J connectivity index is 1.88. The first-order chi connectivity index (χ1) is 12.5. The Morgan fingerprint density at radius 1 is 1.04 bits per heavy atom. The zero-order valence-electron chi connectivity index (χ0n) is 15.1. The maximum absolute atomic E-state index is 12.3. The minimum absolute atomic E-state index is 0.166. The number of hydrogen-bond donors (Lipinski definition) is 1. The van der Waals surface area contributed by atoms with Crippen LogP contribution in [0.15, 0.2) is 46.3 Å². The van der Waals surface area contributed by atoms with E-state index in [1.807, 2.05) is 38.1 Å².